The number of hydrogen-bond acceptors (Lipinski definition) is 4. The zero-order valence-corrected chi connectivity index (χ0v) is 20.0. The number of nitrogens with zero attached hydrogens (tertiary/aromatic N) is 4. The maximum Gasteiger partial charge on any atom is 0.188 e. The molecule has 1 fully saturated rings. The summed E-state index contributed by atoms with van der Waals surface area (Å²) in [6.45, 7) is 11.4. The van der Waals surface area contributed by atoms with Gasteiger partial charge < -0.3 is 20.9 Å². The quantitative estimate of drug-likeness (QED) is 0.210. The molecule has 0 bridgehead atoms. The van der Waals surface area contributed by atoms with Crippen LogP contribution in [-0.4, -0.2) is 55.1 Å². The van der Waals surface area contributed by atoms with Crippen molar-refractivity contribution in [3.05, 3.63) is 23.9 Å². The van der Waals surface area contributed by atoms with E-state index in [1.54, 1.807) is 0 Å². The van der Waals surface area contributed by atoms with Crippen molar-refractivity contribution in [2.45, 2.75) is 58.9 Å². The lowest BCUT2D eigenvalue weighted by Crippen LogP contribution is -2.46. The third-order valence-corrected chi connectivity index (χ3v) is 5.22. The summed E-state index contributed by atoms with van der Waals surface area (Å²) in [6.07, 6.45) is 9.64. The zero-order chi connectivity index (χ0) is 19.3. The molecule has 1 aromatic rings. The molecule has 1 aromatic heterocycles. The van der Waals surface area contributed by atoms with Gasteiger partial charge >= 0.3 is 0 Å². The molecule has 0 atom stereocenters. The highest BCUT2D eigenvalue weighted by atomic mass is 127. The van der Waals surface area contributed by atoms with Gasteiger partial charge in [0, 0.05) is 38.9 Å². The monoisotopic (exact) mass is 502 g/mol. The van der Waals surface area contributed by atoms with E-state index in [0.717, 1.165) is 57.1 Å². The summed E-state index contributed by atoms with van der Waals surface area (Å²) in [6, 6.07) is 4.21. The van der Waals surface area contributed by atoms with Gasteiger partial charge in [-0.25, -0.2) is 9.98 Å². The average molecular weight is 502 g/mol. The molecular weight excluding hydrogens is 463 g/mol. The number of nitrogens with one attached hydrogen (secondary N) is 1. The van der Waals surface area contributed by atoms with Crippen molar-refractivity contribution in [3.63, 3.8) is 0 Å². The molecule has 0 saturated carbocycles. The number of hydrogen-bond donors (Lipinski definition) is 2. The number of rotatable bonds is 11. The van der Waals surface area contributed by atoms with Gasteiger partial charge in [-0.15, -0.1) is 24.0 Å². The second-order valence-corrected chi connectivity index (χ2v) is 7.34. The Morgan fingerprint density at radius 1 is 1.07 bits per heavy atom. The number of guanidine groups is 1. The zero-order valence-electron chi connectivity index (χ0n) is 17.7. The van der Waals surface area contributed by atoms with Crippen molar-refractivity contribution in [2.75, 3.05) is 44.2 Å². The van der Waals surface area contributed by atoms with Crippen LogP contribution in [0, 0.1) is 0 Å². The van der Waals surface area contributed by atoms with Crippen molar-refractivity contribution < 1.29 is 0 Å². The molecule has 3 N–H and O–H groups in total. The summed E-state index contributed by atoms with van der Waals surface area (Å²) < 4.78 is 0. The van der Waals surface area contributed by atoms with E-state index in [4.69, 9.17) is 5.73 Å². The van der Waals surface area contributed by atoms with E-state index in [1.807, 2.05) is 6.20 Å². The van der Waals surface area contributed by atoms with Crippen LogP contribution in [0.2, 0.25) is 0 Å². The highest BCUT2D eigenvalue weighted by Crippen LogP contribution is 2.14. The van der Waals surface area contributed by atoms with Crippen LogP contribution < -0.4 is 16.0 Å². The number of anilines is 1. The molecule has 6 nitrogen and oxygen atoms in total. The number of unbranched alkanes of at least 4 members (excludes halogenated alkanes) is 5. The molecule has 0 radical (unpaired) electrons. The lowest BCUT2D eigenvalue weighted by molar-refractivity contribution is 0.270. The summed E-state index contributed by atoms with van der Waals surface area (Å²) in [5.74, 6) is 1.59. The Bertz CT molecular complexity index is 540. The molecule has 0 unspecified atom stereocenters. The van der Waals surface area contributed by atoms with Gasteiger partial charge in [0.15, 0.2) is 5.96 Å². The molecule has 28 heavy (non-hydrogen) atoms. The number of aliphatic imine (C=N–C) groups is 1. The molecule has 0 amide bonds. The minimum atomic E-state index is 0. The van der Waals surface area contributed by atoms with Crippen LogP contribution in [0.5, 0.6) is 0 Å². The van der Waals surface area contributed by atoms with Crippen molar-refractivity contribution >= 4 is 35.8 Å². The Hall–Kier alpha value is -1.09. The SMILES string of the molecule is CCCCCCCCNC(N)=NCc1ccc(N2CCN(CC)CC2)nc1.I. The van der Waals surface area contributed by atoms with Crippen LogP contribution in [0.4, 0.5) is 5.82 Å². The molecule has 0 spiro atoms. The normalized spacial score (nSPS) is 15.4. The van der Waals surface area contributed by atoms with Gasteiger partial charge in [0.1, 0.15) is 5.82 Å². The van der Waals surface area contributed by atoms with Crippen LogP contribution in [0.15, 0.2) is 23.3 Å². The van der Waals surface area contributed by atoms with Crippen LogP contribution in [0.3, 0.4) is 0 Å². The van der Waals surface area contributed by atoms with E-state index < -0.39 is 0 Å². The number of aromatic nitrogens is 1. The molecule has 7 heteroatoms. The number of nitrogens with two attached hydrogens (primary N) is 1. The van der Waals surface area contributed by atoms with E-state index in [2.05, 4.69) is 51.1 Å². The van der Waals surface area contributed by atoms with Gasteiger partial charge in [0.25, 0.3) is 0 Å². The Morgan fingerprint density at radius 2 is 1.79 bits per heavy atom. The topological polar surface area (TPSA) is 69.8 Å². The first-order valence-electron chi connectivity index (χ1n) is 10.7. The summed E-state index contributed by atoms with van der Waals surface area (Å²) in [5, 5.41) is 3.21. The Labute approximate surface area is 188 Å². The summed E-state index contributed by atoms with van der Waals surface area (Å²) in [5.41, 5.74) is 7.06. The van der Waals surface area contributed by atoms with E-state index >= 15 is 0 Å². The van der Waals surface area contributed by atoms with Crippen LogP contribution in [-0.2, 0) is 6.54 Å². The maximum atomic E-state index is 5.96. The molecular formula is C21H39IN6. The van der Waals surface area contributed by atoms with Crippen LogP contribution in [0.25, 0.3) is 0 Å². The lowest BCUT2D eigenvalue weighted by atomic mass is 10.1. The number of pyridine rings is 1. The van der Waals surface area contributed by atoms with Gasteiger partial charge in [-0.05, 0) is 24.6 Å². The summed E-state index contributed by atoms with van der Waals surface area (Å²) >= 11 is 0. The Balaban J connectivity index is 0.00000392. The third-order valence-electron chi connectivity index (χ3n) is 5.22. The minimum absolute atomic E-state index is 0. The van der Waals surface area contributed by atoms with E-state index in [-0.39, 0.29) is 24.0 Å². The summed E-state index contributed by atoms with van der Waals surface area (Å²) in [7, 11) is 0. The average Bonchev–Trinajstić information content (AvgIpc) is 2.72. The number of likely N-dealkylation sites (N-methyl/N-ethyl adjacent to an activating group) is 1. The highest BCUT2D eigenvalue weighted by molar-refractivity contribution is 14.0. The summed E-state index contributed by atoms with van der Waals surface area (Å²) in [4.78, 5) is 13.9. The standard InChI is InChI=1S/C21H38N6.HI/c1-3-5-6-7-8-9-12-23-21(22)25-18-19-10-11-20(24-17-19)27-15-13-26(4-2)14-16-27;/h10-11,17H,3-9,12-16,18H2,1-2H3,(H3,22,23,25);1H. The Kier molecular flexibility index (Phi) is 13.2. The van der Waals surface area contributed by atoms with Crippen molar-refractivity contribution in [1.29, 1.82) is 0 Å². The molecule has 1 saturated heterocycles. The Morgan fingerprint density at radius 3 is 2.43 bits per heavy atom. The second kappa shape index (κ2) is 14.8. The molecule has 1 aliphatic heterocycles. The maximum absolute atomic E-state index is 5.96. The molecule has 0 aliphatic carbocycles. The van der Waals surface area contributed by atoms with E-state index in [1.165, 1.54) is 32.1 Å². The van der Waals surface area contributed by atoms with E-state index in [9.17, 15) is 0 Å². The fourth-order valence-electron chi connectivity index (χ4n) is 3.34. The van der Waals surface area contributed by atoms with Crippen molar-refractivity contribution in [2.24, 2.45) is 10.7 Å². The predicted octanol–water partition coefficient (Wildman–Crippen LogP) is 3.61. The first-order valence-corrected chi connectivity index (χ1v) is 10.7. The molecule has 160 valence electrons. The minimum Gasteiger partial charge on any atom is -0.370 e. The fourth-order valence-corrected chi connectivity index (χ4v) is 3.34. The third kappa shape index (κ3) is 9.41. The van der Waals surface area contributed by atoms with Gasteiger partial charge in [0.05, 0.1) is 6.54 Å². The lowest BCUT2D eigenvalue weighted by Gasteiger charge is -2.34. The van der Waals surface area contributed by atoms with Gasteiger partial charge in [-0.3, -0.25) is 0 Å². The van der Waals surface area contributed by atoms with Crippen molar-refractivity contribution in [3.8, 4) is 0 Å². The smallest absolute Gasteiger partial charge is 0.188 e. The van der Waals surface area contributed by atoms with E-state index in [0.29, 0.717) is 12.5 Å². The highest BCUT2D eigenvalue weighted by Gasteiger charge is 2.16. The second-order valence-electron chi connectivity index (χ2n) is 7.34. The predicted molar refractivity (Wildman–Crippen MR) is 131 cm³/mol. The number of piperazine rings is 1. The van der Waals surface area contributed by atoms with Crippen molar-refractivity contribution in [1.82, 2.24) is 15.2 Å². The van der Waals surface area contributed by atoms with Gasteiger partial charge in [0.2, 0.25) is 0 Å². The van der Waals surface area contributed by atoms with Crippen LogP contribution >= 0.6 is 24.0 Å². The number of halogens is 1. The molecule has 0 aromatic carbocycles. The van der Waals surface area contributed by atoms with Crippen LogP contribution in [0.1, 0.15) is 57.9 Å². The van der Waals surface area contributed by atoms with Gasteiger partial charge in [-0.2, -0.15) is 0 Å². The fraction of sp³-hybridized carbons (Fsp3) is 0.714. The first kappa shape index (κ1) is 24.9. The molecule has 1 aliphatic rings. The first-order chi connectivity index (χ1) is 13.2. The molecule has 2 heterocycles. The molecule has 2 rings (SSSR count). The van der Waals surface area contributed by atoms with Gasteiger partial charge in [-0.1, -0.05) is 52.0 Å². The largest absolute Gasteiger partial charge is 0.370 e.